The summed E-state index contributed by atoms with van der Waals surface area (Å²) in [5.41, 5.74) is 0.206. The van der Waals surface area contributed by atoms with Crippen molar-refractivity contribution in [3.8, 4) is 0 Å². The van der Waals surface area contributed by atoms with E-state index in [4.69, 9.17) is 4.74 Å². The third-order valence-corrected chi connectivity index (χ3v) is 5.80. The zero-order chi connectivity index (χ0) is 18.1. The van der Waals surface area contributed by atoms with E-state index in [1.54, 1.807) is 0 Å². The molecule has 0 aliphatic heterocycles. The van der Waals surface area contributed by atoms with E-state index >= 15 is 0 Å². The lowest BCUT2D eigenvalue weighted by Crippen LogP contribution is -2.45. The third-order valence-electron chi connectivity index (χ3n) is 5.80. The number of ether oxygens (including phenoxy) is 1. The Morgan fingerprint density at radius 2 is 1.92 bits per heavy atom. The van der Waals surface area contributed by atoms with Crippen LogP contribution >= 0.6 is 0 Å². The van der Waals surface area contributed by atoms with E-state index in [-0.39, 0.29) is 5.92 Å². The molecule has 1 aliphatic rings. The van der Waals surface area contributed by atoms with E-state index in [0.717, 1.165) is 63.9 Å². The van der Waals surface area contributed by atoms with Gasteiger partial charge in [-0.2, -0.15) is 0 Å². The summed E-state index contributed by atoms with van der Waals surface area (Å²) in [4.78, 5) is 14.6. The van der Waals surface area contributed by atoms with Gasteiger partial charge in [0.15, 0.2) is 0 Å². The fourth-order valence-corrected chi connectivity index (χ4v) is 4.22. The molecule has 140 valence electrons. The first-order chi connectivity index (χ1) is 12.1. The molecule has 1 N–H and O–H groups in total. The number of rotatable bonds is 10. The number of benzene rings is 1. The van der Waals surface area contributed by atoms with Crippen LogP contribution in [0.15, 0.2) is 30.3 Å². The fourth-order valence-electron chi connectivity index (χ4n) is 4.22. The smallest absolute Gasteiger partial charge is 0.314 e. The number of carboxylic acids is 1. The maximum absolute atomic E-state index is 12.3. The first kappa shape index (κ1) is 19.9. The second kappa shape index (κ2) is 9.93. The lowest BCUT2D eigenvalue weighted by atomic mass is 9.61. The predicted octanol–water partition coefficient (Wildman–Crippen LogP) is 3.95. The van der Waals surface area contributed by atoms with E-state index in [9.17, 15) is 9.90 Å². The summed E-state index contributed by atoms with van der Waals surface area (Å²) < 4.78 is 5.84. The number of likely N-dealkylation sites (N-methyl/N-ethyl adjacent to an activating group) is 1. The van der Waals surface area contributed by atoms with Crippen LogP contribution in [0.1, 0.15) is 51.5 Å². The van der Waals surface area contributed by atoms with Crippen LogP contribution in [0.4, 0.5) is 0 Å². The van der Waals surface area contributed by atoms with Gasteiger partial charge in [0.25, 0.3) is 0 Å². The van der Waals surface area contributed by atoms with Crippen LogP contribution in [-0.4, -0.2) is 48.8 Å². The Bertz CT molecular complexity index is 515. The van der Waals surface area contributed by atoms with Crippen molar-refractivity contribution < 1.29 is 14.6 Å². The summed E-state index contributed by atoms with van der Waals surface area (Å²) >= 11 is 0. The van der Waals surface area contributed by atoms with Crippen LogP contribution in [-0.2, 0) is 14.9 Å². The van der Waals surface area contributed by atoms with Crippen LogP contribution in [0.5, 0.6) is 0 Å². The van der Waals surface area contributed by atoms with Gasteiger partial charge in [-0.3, -0.25) is 4.79 Å². The van der Waals surface area contributed by atoms with Gasteiger partial charge in [0.1, 0.15) is 0 Å². The molecule has 1 aromatic rings. The first-order valence-electron chi connectivity index (χ1n) is 9.74. The summed E-state index contributed by atoms with van der Waals surface area (Å²) in [6, 6.07) is 9.81. The molecule has 1 fully saturated rings. The predicted molar refractivity (Wildman–Crippen MR) is 101 cm³/mol. The molecular weight excluding hydrogens is 314 g/mol. The number of carboxylic acid groups (broad SMARTS) is 1. The highest BCUT2D eigenvalue weighted by atomic mass is 16.5. The number of carbonyl (C=O) groups is 1. The van der Waals surface area contributed by atoms with Crippen molar-refractivity contribution >= 4 is 5.97 Å². The Kier molecular flexibility index (Phi) is 7.91. The van der Waals surface area contributed by atoms with E-state index in [1.807, 2.05) is 30.3 Å². The van der Waals surface area contributed by atoms with Crippen LogP contribution in [0.3, 0.4) is 0 Å². The molecule has 4 nitrogen and oxygen atoms in total. The largest absolute Gasteiger partial charge is 0.481 e. The van der Waals surface area contributed by atoms with Crippen molar-refractivity contribution in [2.24, 2.45) is 5.92 Å². The Hall–Kier alpha value is -1.39. The van der Waals surface area contributed by atoms with Gasteiger partial charge in [0.05, 0.1) is 12.0 Å². The van der Waals surface area contributed by atoms with Gasteiger partial charge in [0.2, 0.25) is 0 Å². The summed E-state index contributed by atoms with van der Waals surface area (Å²) in [5, 5.41) is 10.1. The van der Waals surface area contributed by atoms with E-state index in [0.29, 0.717) is 6.61 Å². The average Bonchev–Trinajstić information content (AvgIpc) is 2.65. The molecule has 0 radical (unpaired) electrons. The second-order valence-corrected chi connectivity index (χ2v) is 7.01. The molecular formula is C21H33NO3. The highest BCUT2D eigenvalue weighted by molar-refractivity contribution is 5.82. The molecule has 2 unspecified atom stereocenters. The summed E-state index contributed by atoms with van der Waals surface area (Å²) in [7, 11) is 0. The minimum Gasteiger partial charge on any atom is -0.481 e. The molecule has 0 amide bonds. The molecule has 0 spiro atoms. The van der Waals surface area contributed by atoms with Gasteiger partial charge in [-0.15, -0.1) is 0 Å². The Morgan fingerprint density at radius 3 is 2.56 bits per heavy atom. The summed E-state index contributed by atoms with van der Waals surface area (Å²) in [6.45, 7) is 8.71. The highest BCUT2D eigenvalue weighted by Gasteiger charge is 2.48. The van der Waals surface area contributed by atoms with Crippen molar-refractivity contribution in [2.75, 3.05) is 32.8 Å². The first-order valence-corrected chi connectivity index (χ1v) is 9.74. The van der Waals surface area contributed by atoms with Crippen LogP contribution in [0, 0.1) is 5.92 Å². The van der Waals surface area contributed by atoms with Crippen molar-refractivity contribution in [1.29, 1.82) is 0 Å². The van der Waals surface area contributed by atoms with Gasteiger partial charge in [0, 0.05) is 13.2 Å². The van der Waals surface area contributed by atoms with Crippen molar-refractivity contribution in [2.45, 2.75) is 51.4 Å². The number of aliphatic carboxylic acids is 1. The second-order valence-electron chi connectivity index (χ2n) is 7.01. The molecule has 0 heterocycles. The van der Waals surface area contributed by atoms with E-state index in [2.05, 4.69) is 18.7 Å². The Balaban J connectivity index is 1.98. The molecule has 2 rings (SSSR count). The molecule has 0 aromatic heterocycles. The monoisotopic (exact) mass is 347 g/mol. The molecule has 0 bridgehead atoms. The van der Waals surface area contributed by atoms with Crippen molar-refractivity contribution in [3.63, 3.8) is 0 Å². The topological polar surface area (TPSA) is 49.8 Å². The van der Waals surface area contributed by atoms with Crippen LogP contribution in [0.2, 0.25) is 0 Å². The number of nitrogens with zero attached hydrogens (tertiary/aromatic N) is 1. The SMILES string of the molecule is CCN(CC)CCOCCC1CCCCC1(C(=O)O)c1ccccc1. The van der Waals surface area contributed by atoms with Crippen LogP contribution < -0.4 is 0 Å². The molecule has 1 aliphatic carbocycles. The quantitative estimate of drug-likeness (QED) is 0.651. The number of hydrogen-bond acceptors (Lipinski definition) is 3. The maximum Gasteiger partial charge on any atom is 0.314 e. The molecule has 0 saturated heterocycles. The van der Waals surface area contributed by atoms with E-state index < -0.39 is 11.4 Å². The molecule has 25 heavy (non-hydrogen) atoms. The minimum atomic E-state index is -0.748. The van der Waals surface area contributed by atoms with Crippen LogP contribution in [0.25, 0.3) is 0 Å². The summed E-state index contributed by atoms with van der Waals surface area (Å²) in [6.07, 6.45) is 4.63. The van der Waals surface area contributed by atoms with Crippen molar-refractivity contribution in [1.82, 2.24) is 4.90 Å². The van der Waals surface area contributed by atoms with E-state index in [1.165, 1.54) is 0 Å². The highest BCUT2D eigenvalue weighted by Crippen LogP contribution is 2.45. The van der Waals surface area contributed by atoms with Gasteiger partial charge in [-0.1, -0.05) is 57.0 Å². The third kappa shape index (κ3) is 4.83. The van der Waals surface area contributed by atoms with Gasteiger partial charge in [-0.25, -0.2) is 0 Å². The van der Waals surface area contributed by atoms with Crippen molar-refractivity contribution in [3.05, 3.63) is 35.9 Å². The Morgan fingerprint density at radius 1 is 1.20 bits per heavy atom. The standard InChI is InChI=1S/C21H33NO3/c1-3-22(4-2)15-17-25-16-13-19-12-8-9-14-21(19,20(23)24)18-10-6-5-7-11-18/h5-7,10-11,19H,3-4,8-9,12-17H2,1-2H3,(H,23,24). The lowest BCUT2D eigenvalue weighted by Gasteiger charge is -2.41. The molecule has 4 heteroatoms. The number of hydrogen-bond donors (Lipinski definition) is 1. The van der Waals surface area contributed by atoms with Gasteiger partial charge < -0.3 is 14.7 Å². The fraction of sp³-hybridized carbons (Fsp3) is 0.667. The minimum absolute atomic E-state index is 0.148. The normalized spacial score (nSPS) is 23.7. The average molecular weight is 347 g/mol. The zero-order valence-electron chi connectivity index (χ0n) is 15.7. The summed E-state index contributed by atoms with van der Waals surface area (Å²) in [5.74, 6) is -0.527. The van der Waals surface area contributed by atoms with Gasteiger partial charge >= 0.3 is 5.97 Å². The molecule has 1 aromatic carbocycles. The lowest BCUT2D eigenvalue weighted by molar-refractivity contribution is -0.148. The zero-order valence-corrected chi connectivity index (χ0v) is 15.7. The Labute approximate surface area is 152 Å². The molecule has 1 saturated carbocycles. The molecule has 2 atom stereocenters. The maximum atomic E-state index is 12.3. The van der Waals surface area contributed by atoms with Gasteiger partial charge in [-0.05, 0) is 43.8 Å².